The van der Waals surface area contributed by atoms with Crippen molar-refractivity contribution in [1.29, 1.82) is 0 Å². The molecule has 0 unspecified atom stereocenters. The van der Waals surface area contributed by atoms with Crippen molar-refractivity contribution in [2.45, 2.75) is 51.4 Å². The fraction of sp³-hybridized carbons (Fsp3) is 0.923. The number of hydrogen-bond donors (Lipinski definition) is 6. The monoisotopic (exact) mass is 590 g/mol. The second-order valence-electron chi connectivity index (χ2n) is 7.98. The zero-order chi connectivity index (χ0) is 30.4. The Labute approximate surface area is 238 Å². The Morgan fingerprint density at radius 1 is 0.350 bits per heavy atom. The van der Waals surface area contributed by atoms with Gasteiger partial charge in [-0.2, -0.15) is 0 Å². The first-order valence-electron chi connectivity index (χ1n) is 13.8. The third-order valence-corrected chi connectivity index (χ3v) is 4.46. The number of aliphatic hydroxyl groups excluding tert-OH is 4. The molecule has 14 nitrogen and oxygen atoms in total. The van der Waals surface area contributed by atoms with Crippen LogP contribution >= 0.6 is 0 Å². The number of carbonyl (C=O) groups is 2. The molecule has 0 aromatic rings. The summed E-state index contributed by atoms with van der Waals surface area (Å²) in [6.07, 6.45) is 5.82. The molecular formula is C26H54O14. The summed E-state index contributed by atoms with van der Waals surface area (Å²) in [5.74, 6) is -1.48. The van der Waals surface area contributed by atoms with Crippen LogP contribution in [0.1, 0.15) is 51.4 Å². The minimum atomic E-state index is -0.740. The number of unbranched alkanes of at least 4 members (excludes halogenated alkanes) is 5. The molecule has 0 aromatic carbocycles. The van der Waals surface area contributed by atoms with E-state index >= 15 is 0 Å². The second kappa shape index (κ2) is 42.0. The lowest BCUT2D eigenvalue weighted by Crippen LogP contribution is -2.11. The molecule has 0 rings (SSSR count). The summed E-state index contributed by atoms with van der Waals surface area (Å²) in [6, 6.07) is 0. The predicted molar refractivity (Wildman–Crippen MR) is 145 cm³/mol. The van der Waals surface area contributed by atoms with Crippen LogP contribution in [-0.4, -0.2) is 148 Å². The van der Waals surface area contributed by atoms with Crippen LogP contribution in [0.4, 0.5) is 0 Å². The van der Waals surface area contributed by atoms with Crippen LogP contribution in [-0.2, 0) is 38.0 Å². The maximum atomic E-state index is 10.1. The molecule has 0 aliphatic rings. The molecule has 0 saturated carbocycles. The topological polar surface area (TPSA) is 211 Å². The van der Waals surface area contributed by atoms with E-state index < -0.39 is 11.9 Å². The molecule has 0 saturated heterocycles. The van der Waals surface area contributed by atoms with Crippen LogP contribution < -0.4 is 0 Å². The van der Waals surface area contributed by atoms with E-state index in [2.05, 4.69) is 0 Å². The minimum absolute atomic E-state index is 0.0413. The van der Waals surface area contributed by atoms with Crippen molar-refractivity contribution in [3.63, 3.8) is 0 Å². The maximum Gasteiger partial charge on any atom is 0.303 e. The van der Waals surface area contributed by atoms with Crippen LogP contribution in [0, 0.1) is 0 Å². The molecule has 6 N–H and O–H groups in total. The molecule has 0 radical (unpaired) electrons. The molecule has 242 valence electrons. The molecule has 0 heterocycles. The van der Waals surface area contributed by atoms with Gasteiger partial charge < -0.3 is 59.1 Å². The molecule has 40 heavy (non-hydrogen) atoms. The van der Waals surface area contributed by atoms with Crippen molar-refractivity contribution in [1.82, 2.24) is 0 Å². The number of hydrogen-bond acceptors (Lipinski definition) is 12. The van der Waals surface area contributed by atoms with Crippen LogP contribution in [0.15, 0.2) is 0 Å². The first kappa shape index (κ1) is 43.0. The number of aliphatic carboxylic acids is 2. The lowest BCUT2D eigenvalue weighted by molar-refractivity contribution is -0.138. The normalized spacial score (nSPS) is 10.4. The molecule has 14 heteroatoms. The highest BCUT2D eigenvalue weighted by atomic mass is 16.6. The van der Waals surface area contributed by atoms with Gasteiger partial charge in [-0.05, 0) is 12.8 Å². The van der Waals surface area contributed by atoms with Gasteiger partial charge >= 0.3 is 11.9 Å². The van der Waals surface area contributed by atoms with Crippen molar-refractivity contribution in [3.05, 3.63) is 0 Å². The molecule has 0 aliphatic carbocycles. The van der Waals surface area contributed by atoms with E-state index in [4.69, 9.17) is 59.1 Å². The molecule has 0 atom stereocenters. The summed E-state index contributed by atoms with van der Waals surface area (Å²) in [7, 11) is 0. The third kappa shape index (κ3) is 52.9. The van der Waals surface area contributed by atoms with E-state index in [9.17, 15) is 9.59 Å². The van der Waals surface area contributed by atoms with E-state index in [1.807, 2.05) is 0 Å². The van der Waals surface area contributed by atoms with E-state index in [-0.39, 0.29) is 39.3 Å². The van der Waals surface area contributed by atoms with Gasteiger partial charge in [-0.1, -0.05) is 25.7 Å². The molecule has 0 aliphatic heterocycles. The van der Waals surface area contributed by atoms with Crippen molar-refractivity contribution >= 4 is 11.9 Å². The highest BCUT2D eigenvalue weighted by molar-refractivity contribution is 5.66. The Balaban J connectivity index is -0.000000514. The van der Waals surface area contributed by atoms with Crippen molar-refractivity contribution < 1.29 is 68.6 Å². The summed E-state index contributed by atoms with van der Waals surface area (Å²) in [5, 5.41) is 50.1. The number of rotatable bonds is 29. The highest BCUT2D eigenvalue weighted by Crippen LogP contribution is 2.08. The zero-order valence-electron chi connectivity index (χ0n) is 23.9. The van der Waals surface area contributed by atoms with Crippen LogP contribution in [0.2, 0.25) is 0 Å². The van der Waals surface area contributed by atoms with Gasteiger partial charge in [-0.25, -0.2) is 0 Å². The van der Waals surface area contributed by atoms with Crippen molar-refractivity contribution in [3.8, 4) is 0 Å². The van der Waals surface area contributed by atoms with Crippen LogP contribution in [0.3, 0.4) is 0 Å². The van der Waals surface area contributed by atoms with Gasteiger partial charge in [-0.3, -0.25) is 9.59 Å². The molecule has 0 bridgehead atoms. The van der Waals surface area contributed by atoms with Crippen LogP contribution in [0.5, 0.6) is 0 Å². The van der Waals surface area contributed by atoms with Crippen molar-refractivity contribution in [2.75, 3.05) is 106 Å². The Morgan fingerprint density at radius 2 is 0.550 bits per heavy atom. The lowest BCUT2D eigenvalue weighted by Gasteiger charge is -2.04. The first-order chi connectivity index (χ1) is 19.5. The molecule has 0 fully saturated rings. The summed E-state index contributed by atoms with van der Waals surface area (Å²) in [6.45, 7) is 5.53. The number of ether oxygens (including phenoxy) is 6. The summed E-state index contributed by atoms with van der Waals surface area (Å²) in [5.41, 5.74) is 0. The number of carboxylic acids is 2. The van der Waals surface area contributed by atoms with E-state index in [0.717, 1.165) is 38.5 Å². The SMILES string of the molecule is O=C(O)CCCCCCCCC(=O)O.OCCOCCOCCOCCO.OCCOCCOCCOCCO. The third-order valence-electron chi connectivity index (χ3n) is 4.46. The van der Waals surface area contributed by atoms with E-state index in [0.29, 0.717) is 79.3 Å². The fourth-order valence-corrected chi connectivity index (χ4v) is 2.60. The summed E-state index contributed by atoms with van der Waals surface area (Å²) in [4.78, 5) is 20.3. The second-order valence-corrected chi connectivity index (χ2v) is 7.98. The fourth-order valence-electron chi connectivity index (χ4n) is 2.60. The molecule has 0 aromatic heterocycles. The standard InChI is InChI=1S/C10H18O4.2C8H18O5/c11-9(12)7-5-3-1-2-4-6-8-10(13)14;2*9-1-3-11-5-7-13-8-6-12-4-2-10/h1-8H2,(H,11,12)(H,13,14);2*9-10H,1-8H2. The molecular weight excluding hydrogens is 536 g/mol. The largest absolute Gasteiger partial charge is 0.481 e. The lowest BCUT2D eigenvalue weighted by atomic mass is 10.1. The first-order valence-corrected chi connectivity index (χ1v) is 13.8. The maximum absolute atomic E-state index is 10.1. The predicted octanol–water partition coefficient (Wildman–Crippen LogP) is 0.318. The average molecular weight is 591 g/mol. The Kier molecular flexibility index (Phi) is 45.2. The van der Waals surface area contributed by atoms with Crippen LogP contribution in [0.25, 0.3) is 0 Å². The minimum Gasteiger partial charge on any atom is -0.481 e. The Morgan fingerprint density at radius 3 is 0.750 bits per heavy atom. The Hall–Kier alpha value is -1.46. The quantitative estimate of drug-likeness (QED) is 0.0648. The average Bonchev–Trinajstić information content (AvgIpc) is 2.93. The highest BCUT2D eigenvalue weighted by Gasteiger charge is 1.98. The van der Waals surface area contributed by atoms with Gasteiger partial charge in [0.2, 0.25) is 0 Å². The van der Waals surface area contributed by atoms with Gasteiger partial charge in [0.1, 0.15) is 0 Å². The van der Waals surface area contributed by atoms with Crippen molar-refractivity contribution in [2.24, 2.45) is 0 Å². The van der Waals surface area contributed by atoms with Gasteiger partial charge in [0.15, 0.2) is 0 Å². The van der Waals surface area contributed by atoms with Gasteiger partial charge in [0, 0.05) is 12.8 Å². The zero-order valence-corrected chi connectivity index (χ0v) is 23.9. The summed E-state index contributed by atoms with van der Waals surface area (Å²) >= 11 is 0. The van der Waals surface area contributed by atoms with Gasteiger partial charge in [0.05, 0.1) is 106 Å². The molecule has 0 amide bonds. The number of aliphatic hydroxyl groups is 4. The summed E-state index contributed by atoms with van der Waals surface area (Å²) < 4.78 is 30.0. The Bertz CT molecular complexity index is 420. The number of carboxylic acid groups (broad SMARTS) is 2. The van der Waals surface area contributed by atoms with Gasteiger partial charge in [-0.15, -0.1) is 0 Å². The smallest absolute Gasteiger partial charge is 0.303 e. The molecule has 0 spiro atoms. The van der Waals surface area contributed by atoms with E-state index in [1.54, 1.807) is 0 Å². The van der Waals surface area contributed by atoms with Gasteiger partial charge in [0.25, 0.3) is 0 Å². The van der Waals surface area contributed by atoms with E-state index in [1.165, 1.54) is 0 Å².